The van der Waals surface area contributed by atoms with Gasteiger partial charge in [0.15, 0.2) is 0 Å². The molecule has 0 unspecified atom stereocenters. The van der Waals surface area contributed by atoms with E-state index in [1.807, 2.05) is 10.9 Å². The van der Waals surface area contributed by atoms with Crippen LogP contribution in [0.15, 0.2) is 36.7 Å². The highest BCUT2D eigenvalue weighted by Crippen LogP contribution is 2.34. The minimum absolute atomic E-state index is 0.439. The van der Waals surface area contributed by atoms with Gasteiger partial charge >= 0.3 is 0 Å². The van der Waals surface area contributed by atoms with Crippen LogP contribution in [-0.4, -0.2) is 48.6 Å². The maximum atomic E-state index is 6.58. The molecule has 1 saturated heterocycles. The number of fused-ring (bicyclic) bond motifs is 1. The molecule has 3 heterocycles. The van der Waals surface area contributed by atoms with Crippen LogP contribution in [0.2, 0.25) is 30.7 Å². The number of aromatic nitrogens is 3. The predicted molar refractivity (Wildman–Crippen MR) is 132 cm³/mol. The zero-order valence-corrected chi connectivity index (χ0v) is 20.4. The summed E-state index contributed by atoms with van der Waals surface area (Å²) in [6.45, 7) is 10.4. The number of nitrogens with zero attached hydrogens (tertiary/aromatic N) is 3. The van der Waals surface area contributed by atoms with Crippen LogP contribution in [-0.2, 0) is 11.5 Å². The van der Waals surface area contributed by atoms with E-state index in [1.165, 1.54) is 0 Å². The van der Waals surface area contributed by atoms with Crippen molar-refractivity contribution in [1.82, 2.24) is 20.1 Å². The molecule has 31 heavy (non-hydrogen) atoms. The van der Waals surface area contributed by atoms with Crippen LogP contribution in [0.4, 0.5) is 5.82 Å². The molecule has 0 aliphatic carbocycles. The van der Waals surface area contributed by atoms with Crippen molar-refractivity contribution in [1.29, 1.82) is 0 Å². The fraction of sp³-hybridized carbons (Fsp3) is 0.478. The lowest BCUT2D eigenvalue weighted by Gasteiger charge is -2.24. The van der Waals surface area contributed by atoms with E-state index in [2.05, 4.69) is 64.6 Å². The minimum Gasteiger partial charge on any atom is -0.367 e. The molecular formula is C23H32ClN5OSi. The molecule has 0 bridgehead atoms. The second-order valence-corrected chi connectivity index (χ2v) is 15.5. The average molecular weight is 458 g/mol. The van der Waals surface area contributed by atoms with Gasteiger partial charge in [0.25, 0.3) is 0 Å². The summed E-state index contributed by atoms with van der Waals surface area (Å²) in [5.74, 6) is 0.866. The second kappa shape index (κ2) is 9.69. The van der Waals surface area contributed by atoms with Gasteiger partial charge in [0.2, 0.25) is 0 Å². The van der Waals surface area contributed by atoms with E-state index in [4.69, 9.17) is 16.3 Å². The first-order valence-electron chi connectivity index (χ1n) is 11.1. The Bertz CT molecular complexity index is 1030. The number of halogens is 1. The number of hydrogen-bond acceptors (Lipinski definition) is 5. The van der Waals surface area contributed by atoms with E-state index in [0.29, 0.717) is 17.8 Å². The first-order valence-corrected chi connectivity index (χ1v) is 15.1. The predicted octanol–water partition coefficient (Wildman–Crippen LogP) is 5.23. The summed E-state index contributed by atoms with van der Waals surface area (Å²) in [6, 6.07) is 9.87. The summed E-state index contributed by atoms with van der Waals surface area (Å²) >= 11 is 6.58. The number of benzene rings is 1. The molecule has 1 aromatic carbocycles. The van der Waals surface area contributed by atoms with E-state index >= 15 is 0 Å². The van der Waals surface area contributed by atoms with Gasteiger partial charge in [-0.25, -0.2) is 9.67 Å². The smallest absolute Gasteiger partial charge is 0.139 e. The molecule has 1 aliphatic heterocycles. The molecular weight excluding hydrogens is 426 g/mol. The minimum atomic E-state index is -1.10. The quantitative estimate of drug-likeness (QED) is 0.358. The Kier molecular flexibility index (Phi) is 6.96. The summed E-state index contributed by atoms with van der Waals surface area (Å²) in [5, 5.41) is 13.3. The van der Waals surface area contributed by atoms with Gasteiger partial charge < -0.3 is 15.4 Å². The van der Waals surface area contributed by atoms with E-state index in [-0.39, 0.29) is 0 Å². The maximum absolute atomic E-state index is 6.58. The monoisotopic (exact) mass is 457 g/mol. The SMILES string of the molecule is C[Si](C)(C)CCOCn1ncc2c(-c3cc(NC4CCNCC4)ncc3Cl)cccc21. The van der Waals surface area contributed by atoms with Crippen LogP contribution in [0.1, 0.15) is 12.8 Å². The molecule has 0 atom stereocenters. The van der Waals surface area contributed by atoms with Crippen LogP contribution in [0.25, 0.3) is 22.0 Å². The van der Waals surface area contributed by atoms with Gasteiger partial charge in [-0.15, -0.1) is 0 Å². The van der Waals surface area contributed by atoms with E-state index in [0.717, 1.165) is 66.4 Å². The summed E-state index contributed by atoms with van der Waals surface area (Å²) in [4.78, 5) is 4.51. The number of hydrogen-bond donors (Lipinski definition) is 2. The van der Waals surface area contributed by atoms with Crippen molar-refractivity contribution >= 4 is 36.4 Å². The standard InChI is InChI=1S/C23H32ClN5OSi/c1-31(2,3)12-11-30-16-29-22-6-4-5-18(20(22)14-27-29)19-13-23(26-15-21(19)24)28-17-7-9-25-10-8-17/h4-6,13-15,17,25H,7-12,16H2,1-3H3,(H,26,28). The van der Waals surface area contributed by atoms with Crippen molar-refractivity contribution in [3.05, 3.63) is 41.7 Å². The van der Waals surface area contributed by atoms with Gasteiger partial charge in [-0.05, 0) is 49.7 Å². The van der Waals surface area contributed by atoms with Gasteiger partial charge in [0.05, 0.1) is 16.7 Å². The largest absolute Gasteiger partial charge is 0.367 e. The number of nitrogens with one attached hydrogen (secondary N) is 2. The fourth-order valence-electron chi connectivity index (χ4n) is 3.87. The third-order valence-electron chi connectivity index (χ3n) is 5.73. The lowest BCUT2D eigenvalue weighted by atomic mass is 10.0. The average Bonchev–Trinajstić information content (AvgIpc) is 3.16. The number of pyridine rings is 1. The molecule has 6 nitrogen and oxygen atoms in total. The van der Waals surface area contributed by atoms with Crippen LogP contribution in [0, 0.1) is 0 Å². The zero-order valence-electron chi connectivity index (χ0n) is 18.6. The highest BCUT2D eigenvalue weighted by molar-refractivity contribution is 6.76. The van der Waals surface area contributed by atoms with Crippen LogP contribution in [0.5, 0.6) is 0 Å². The Hall–Kier alpha value is -1.93. The normalized spacial score (nSPS) is 15.5. The third-order valence-corrected chi connectivity index (χ3v) is 7.74. The van der Waals surface area contributed by atoms with Crippen molar-refractivity contribution < 1.29 is 4.74 Å². The summed E-state index contributed by atoms with van der Waals surface area (Å²) in [6.07, 6.45) is 5.84. The van der Waals surface area contributed by atoms with Gasteiger partial charge in [-0.3, -0.25) is 0 Å². The molecule has 166 valence electrons. The number of piperidine rings is 1. The molecule has 0 spiro atoms. The lowest BCUT2D eigenvalue weighted by molar-refractivity contribution is 0.0817. The van der Waals surface area contributed by atoms with Gasteiger partial charge in [-0.1, -0.05) is 43.4 Å². The van der Waals surface area contributed by atoms with Crippen LogP contribution >= 0.6 is 11.6 Å². The molecule has 4 rings (SSSR count). The highest BCUT2D eigenvalue weighted by atomic mass is 35.5. The van der Waals surface area contributed by atoms with E-state index < -0.39 is 8.07 Å². The molecule has 3 aromatic rings. The van der Waals surface area contributed by atoms with E-state index in [9.17, 15) is 0 Å². The molecule has 1 aliphatic rings. The topological polar surface area (TPSA) is 64.0 Å². The Labute approximate surface area is 190 Å². The van der Waals surface area contributed by atoms with Crippen molar-refractivity contribution in [2.75, 3.05) is 25.0 Å². The third kappa shape index (κ3) is 5.66. The molecule has 1 fully saturated rings. The summed E-state index contributed by atoms with van der Waals surface area (Å²) in [5.41, 5.74) is 3.08. The Balaban J connectivity index is 1.55. The Morgan fingerprint density at radius 1 is 1.19 bits per heavy atom. The molecule has 8 heteroatoms. The van der Waals surface area contributed by atoms with Crippen molar-refractivity contribution in [2.45, 2.75) is 51.3 Å². The van der Waals surface area contributed by atoms with Crippen LogP contribution in [0.3, 0.4) is 0 Å². The first-order chi connectivity index (χ1) is 14.9. The number of anilines is 1. The molecule has 0 amide bonds. The Morgan fingerprint density at radius 2 is 2.00 bits per heavy atom. The molecule has 2 aromatic heterocycles. The van der Waals surface area contributed by atoms with E-state index in [1.54, 1.807) is 6.20 Å². The first kappa shape index (κ1) is 22.3. The van der Waals surface area contributed by atoms with Crippen LogP contribution < -0.4 is 10.6 Å². The number of rotatable bonds is 8. The van der Waals surface area contributed by atoms with Crippen molar-refractivity contribution in [2.24, 2.45) is 0 Å². The van der Waals surface area contributed by atoms with Gasteiger partial charge in [-0.2, -0.15) is 5.10 Å². The summed E-state index contributed by atoms with van der Waals surface area (Å²) in [7, 11) is -1.10. The maximum Gasteiger partial charge on any atom is 0.139 e. The van der Waals surface area contributed by atoms with Crippen molar-refractivity contribution in [3.63, 3.8) is 0 Å². The number of ether oxygens (including phenoxy) is 1. The second-order valence-electron chi connectivity index (χ2n) is 9.45. The Morgan fingerprint density at radius 3 is 2.77 bits per heavy atom. The highest BCUT2D eigenvalue weighted by Gasteiger charge is 2.16. The van der Waals surface area contributed by atoms with Gasteiger partial charge in [0.1, 0.15) is 12.5 Å². The lowest BCUT2D eigenvalue weighted by Crippen LogP contribution is -2.35. The molecule has 0 radical (unpaired) electrons. The summed E-state index contributed by atoms with van der Waals surface area (Å²) < 4.78 is 7.84. The van der Waals surface area contributed by atoms with Crippen molar-refractivity contribution in [3.8, 4) is 11.1 Å². The molecule has 2 N–H and O–H groups in total. The van der Waals surface area contributed by atoms with Gasteiger partial charge in [0, 0.05) is 37.9 Å². The zero-order chi connectivity index (χ0) is 21.8. The fourth-order valence-corrected chi connectivity index (χ4v) is 4.83. The molecule has 0 saturated carbocycles.